The van der Waals surface area contributed by atoms with Crippen LogP contribution in [0.25, 0.3) is 0 Å². The summed E-state index contributed by atoms with van der Waals surface area (Å²) >= 11 is 1.76. The van der Waals surface area contributed by atoms with Crippen molar-refractivity contribution in [3.8, 4) is 0 Å². The number of benzene rings is 2. The van der Waals surface area contributed by atoms with E-state index in [0.29, 0.717) is 12.0 Å². The Morgan fingerprint density at radius 3 is 2.25 bits per heavy atom. The van der Waals surface area contributed by atoms with Crippen molar-refractivity contribution in [2.75, 3.05) is 11.6 Å². The monoisotopic (exact) mass is 287 g/mol. The molecule has 0 bridgehead atoms. The van der Waals surface area contributed by atoms with Crippen molar-refractivity contribution in [2.24, 2.45) is 0 Å². The SMILES string of the molecule is CSc1ccc(NC2CC(c3ccc(F)cc3)C2)cc1. The second-order valence-electron chi connectivity index (χ2n) is 5.29. The van der Waals surface area contributed by atoms with E-state index in [1.165, 1.54) is 16.1 Å². The second-order valence-corrected chi connectivity index (χ2v) is 6.17. The van der Waals surface area contributed by atoms with Crippen LogP contribution in [0.2, 0.25) is 0 Å². The van der Waals surface area contributed by atoms with E-state index in [0.717, 1.165) is 12.8 Å². The molecular weight excluding hydrogens is 269 g/mol. The zero-order valence-electron chi connectivity index (χ0n) is 11.5. The highest BCUT2D eigenvalue weighted by Gasteiger charge is 2.30. The summed E-state index contributed by atoms with van der Waals surface area (Å²) in [5, 5.41) is 3.56. The van der Waals surface area contributed by atoms with Gasteiger partial charge in [0.15, 0.2) is 0 Å². The Labute approximate surface area is 123 Å². The number of hydrogen-bond donors (Lipinski definition) is 1. The van der Waals surface area contributed by atoms with E-state index in [4.69, 9.17) is 0 Å². The molecule has 20 heavy (non-hydrogen) atoms. The van der Waals surface area contributed by atoms with Crippen molar-refractivity contribution >= 4 is 17.4 Å². The van der Waals surface area contributed by atoms with Crippen molar-refractivity contribution in [1.82, 2.24) is 0 Å². The molecule has 0 aromatic heterocycles. The predicted molar refractivity (Wildman–Crippen MR) is 84.0 cm³/mol. The van der Waals surface area contributed by atoms with E-state index >= 15 is 0 Å². The first kappa shape index (κ1) is 13.5. The Bertz CT molecular complexity index is 559. The molecule has 3 rings (SSSR count). The van der Waals surface area contributed by atoms with Crippen LogP contribution in [0.1, 0.15) is 24.3 Å². The van der Waals surface area contributed by atoms with Gasteiger partial charge in [-0.3, -0.25) is 0 Å². The van der Waals surface area contributed by atoms with Crippen LogP contribution in [0.15, 0.2) is 53.4 Å². The summed E-state index contributed by atoms with van der Waals surface area (Å²) in [5.41, 5.74) is 2.44. The summed E-state index contributed by atoms with van der Waals surface area (Å²) < 4.78 is 12.9. The summed E-state index contributed by atoms with van der Waals surface area (Å²) in [5.74, 6) is 0.412. The number of rotatable bonds is 4. The van der Waals surface area contributed by atoms with Crippen molar-refractivity contribution in [1.29, 1.82) is 0 Å². The lowest BCUT2D eigenvalue weighted by Gasteiger charge is -2.37. The molecule has 0 amide bonds. The van der Waals surface area contributed by atoms with Gasteiger partial charge in [0, 0.05) is 16.6 Å². The van der Waals surface area contributed by atoms with Crippen LogP contribution in [0, 0.1) is 5.82 Å². The third kappa shape index (κ3) is 2.98. The zero-order chi connectivity index (χ0) is 13.9. The van der Waals surface area contributed by atoms with Gasteiger partial charge in [0.2, 0.25) is 0 Å². The first-order valence-electron chi connectivity index (χ1n) is 6.90. The number of thioether (sulfide) groups is 1. The minimum atomic E-state index is -0.156. The highest BCUT2D eigenvalue weighted by molar-refractivity contribution is 7.98. The molecule has 0 aliphatic heterocycles. The predicted octanol–water partition coefficient (Wildman–Crippen LogP) is 4.91. The van der Waals surface area contributed by atoms with Crippen LogP contribution in [0.5, 0.6) is 0 Å². The fourth-order valence-corrected chi connectivity index (χ4v) is 3.07. The Hall–Kier alpha value is -1.48. The zero-order valence-corrected chi connectivity index (χ0v) is 12.3. The fraction of sp³-hybridized carbons (Fsp3) is 0.294. The summed E-state index contributed by atoms with van der Waals surface area (Å²) in [6.45, 7) is 0. The molecule has 1 nitrogen and oxygen atoms in total. The lowest BCUT2D eigenvalue weighted by Crippen LogP contribution is -2.33. The smallest absolute Gasteiger partial charge is 0.123 e. The third-order valence-electron chi connectivity index (χ3n) is 3.94. The molecule has 3 heteroatoms. The Morgan fingerprint density at radius 2 is 1.65 bits per heavy atom. The van der Waals surface area contributed by atoms with Gasteiger partial charge in [0.25, 0.3) is 0 Å². The Balaban J connectivity index is 1.53. The average molecular weight is 287 g/mol. The lowest BCUT2D eigenvalue weighted by atomic mass is 9.76. The molecule has 104 valence electrons. The van der Waals surface area contributed by atoms with Gasteiger partial charge in [0.05, 0.1) is 0 Å². The highest BCUT2D eigenvalue weighted by atomic mass is 32.2. The summed E-state index contributed by atoms with van der Waals surface area (Å²) in [7, 11) is 0. The molecule has 0 radical (unpaired) electrons. The minimum absolute atomic E-state index is 0.156. The van der Waals surface area contributed by atoms with E-state index in [2.05, 4.69) is 35.8 Å². The van der Waals surface area contributed by atoms with Gasteiger partial charge < -0.3 is 5.32 Å². The number of nitrogens with one attached hydrogen (secondary N) is 1. The molecule has 1 saturated carbocycles. The molecule has 0 atom stereocenters. The molecule has 0 heterocycles. The molecule has 2 aromatic rings. The standard InChI is InChI=1S/C17H18FNS/c1-20-17-8-6-15(7-9-17)19-16-10-13(11-16)12-2-4-14(18)5-3-12/h2-9,13,16,19H,10-11H2,1H3. The maximum absolute atomic E-state index is 12.9. The molecule has 1 fully saturated rings. The van der Waals surface area contributed by atoms with Gasteiger partial charge in [-0.15, -0.1) is 11.8 Å². The van der Waals surface area contributed by atoms with Gasteiger partial charge in [-0.2, -0.15) is 0 Å². The van der Waals surface area contributed by atoms with Crippen LogP contribution in [-0.2, 0) is 0 Å². The molecule has 0 spiro atoms. The van der Waals surface area contributed by atoms with Crippen molar-refractivity contribution in [3.63, 3.8) is 0 Å². The quantitative estimate of drug-likeness (QED) is 0.802. The maximum atomic E-state index is 12.9. The number of anilines is 1. The molecule has 0 unspecified atom stereocenters. The van der Waals surface area contributed by atoms with E-state index in [-0.39, 0.29) is 5.82 Å². The van der Waals surface area contributed by atoms with E-state index < -0.39 is 0 Å². The second kappa shape index (κ2) is 5.88. The fourth-order valence-electron chi connectivity index (χ4n) is 2.67. The van der Waals surface area contributed by atoms with Gasteiger partial charge in [-0.05, 0) is 67.0 Å². The van der Waals surface area contributed by atoms with Crippen molar-refractivity contribution < 1.29 is 4.39 Å². The van der Waals surface area contributed by atoms with Gasteiger partial charge in [0.1, 0.15) is 5.82 Å². The molecule has 1 aliphatic rings. The van der Waals surface area contributed by atoms with Crippen LogP contribution in [-0.4, -0.2) is 12.3 Å². The minimum Gasteiger partial charge on any atom is -0.382 e. The van der Waals surface area contributed by atoms with Crippen molar-refractivity contribution in [2.45, 2.75) is 29.7 Å². The lowest BCUT2D eigenvalue weighted by molar-refractivity contribution is 0.374. The molecular formula is C17H18FNS. The van der Waals surface area contributed by atoms with E-state index in [1.54, 1.807) is 23.9 Å². The number of halogens is 1. The summed E-state index contributed by atoms with van der Waals surface area (Å²) in [6.07, 6.45) is 4.33. The van der Waals surface area contributed by atoms with E-state index in [9.17, 15) is 4.39 Å². The maximum Gasteiger partial charge on any atom is 0.123 e. The topological polar surface area (TPSA) is 12.0 Å². The average Bonchev–Trinajstić information content (AvgIpc) is 2.44. The molecule has 2 aromatic carbocycles. The first-order valence-corrected chi connectivity index (χ1v) is 8.13. The van der Waals surface area contributed by atoms with Crippen LogP contribution in [0.3, 0.4) is 0 Å². The molecule has 1 N–H and O–H groups in total. The number of hydrogen-bond acceptors (Lipinski definition) is 2. The van der Waals surface area contributed by atoms with Crippen molar-refractivity contribution in [3.05, 3.63) is 59.9 Å². The first-order chi connectivity index (χ1) is 9.74. The van der Waals surface area contributed by atoms with Gasteiger partial charge in [-0.25, -0.2) is 4.39 Å². The molecule has 1 aliphatic carbocycles. The van der Waals surface area contributed by atoms with Crippen LogP contribution >= 0.6 is 11.8 Å². The Morgan fingerprint density at radius 1 is 1.00 bits per heavy atom. The normalized spacial score (nSPS) is 21.3. The van der Waals surface area contributed by atoms with E-state index in [1.807, 2.05) is 12.1 Å². The third-order valence-corrected chi connectivity index (χ3v) is 4.68. The van der Waals surface area contributed by atoms with Crippen LogP contribution in [0.4, 0.5) is 10.1 Å². The Kier molecular flexibility index (Phi) is 3.97. The summed E-state index contributed by atoms with van der Waals surface area (Å²) in [6, 6.07) is 16.0. The van der Waals surface area contributed by atoms with Gasteiger partial charge in [-0.1, -0.05) is 12.1 Å². The van der Waals surface area contributed by atoms with Crippen LogP contribution < -0.4 is 5.32 Å². The largest absolute Gasteiger partial charge is 0.382 e. The summed E-state index contributed by atoms with van der Waals surface area (Å²) in [4.78, 5) is 1.29. The molecule has 0 saturated heterocycles. The highest BCUT2D eigenvalue weighted by Crippen LogP contribution is 2.38. The van der Waals surface area contributed by atoms with Gasteiger partial charge >= 0.3 is 0 Å².